The summed E-state index contributed by atoms with van der Waals surface area (Å²) >= 11 is 5.16. The summed E-state index contributed by atoms with van der Waals surface area (Å²) in [6.45, 7) is 0.399. The van der Waals surface area contributed by atoms with Gasteiger partial charge in [-0.3, -0.25) is 0 Å². The lowest BCUT2D eigenvalue weighted by atomic mass is 10.6. The molecule has 0 unspecified atom stereocenters. The Morgan fingerprint density at radius 1 is 1.89 bits per heavy atom. The summed E-state index contributed by atoms with van der Waals surface area (Å²) in [5, 5.41) is 2.40. The number of carbonyl (C=O) groups excluding carboxylic acids is 1. The Morgan fingerprint density at radius 3 is 3.00 bits per heavy atom. The van der Waals surface area contributed by atoms with Crippen molar-refractivity contribution < 1.29 is 9.53 Å². The molecule has 0 aromatic rings. The smallest absolute Gasteiger partial charge is 0.407 e. The lowest BCUT2D eigenvalue weighted by molar-refractivity contribution is 0.172. The maximum Gasteiger partial charge on any atom is 0.407 e. The Morgan fingerprint density at radius 2 is 2.56 bits per heavy atom. The normalized spacial score (nSPS) is 9.56. The van der Waals surface area contributed by atoms with Gasteiger partial charge in [-0.05, 0) is 0 Å². The van der Waals surface area contributed by atoms with E-state index in [1.165, 1.54) is 12.6 Å². The van der Waals surface area contributed by atoms with E-state index in [0.29, 0.717) is 6.54 Å². The van der Waals surface area contributed by atoms with Crippen LogP contribution in [0.4, 0.5) is 4.79 Å². The van der Waals surface area contributed by atoms with Crippen molar-refractivity contribution in [3.05, 3.63) is 11.6 Å². The van der Waals surface area contributed by atoms with E-state index in [2.05, 4.69) is 10.1 Å². The van der Waals surface area contributed by atoms with Gasteiger partial charge in [-0.15, -0.1) is 0 Å². The standard InChI is InChI=1S/C5H8ClNO2/c1-9-5(8)7-4-2-3-6/h2-3H,4H2,1H3,(H,7,8)/b3-2-. The number of hydrogen-bond acceptors (Lipinski definition) is 2. The highest BCUT2D eigenvalue weighted by atomic mass is 35.5. The van der Waals surface area contributed by atoms with E-state index in [-0.39, 0.29) is 0 Å². The van der Waals surface area contributed by atoms with Gasteiger partial charge in [0.15, 0.2) is 0 Å². The first-order chi connectivity index (χ1) is 4.31. The maximum atomic E-state index is 10.3. The Labute approximate surface area is 58.6 Å². The highest BCUT2D eigenvalue weighted by Gasteiger charge is 1.91. The molecule has 0 rings (SSSR count). The number of rotatable bonds is 2. The molecule has 0 aliphatic rings. The van der Waals surface area contributed by atoms with E-state index in [4.69, 9.17) is 11.6 Å². The van der Waals surface area contributed by atoms with Crippen molar-refractivity contribution in [2.24, 2.45) is 0 Å². The van der Waals surface area contributed by atoms with Crippen LogP contribution in [0.1, 0.15) is 0 Å². The summed E-state index contributed by atoms with van der Waals surface area (Å²) in [5.74, 6) is 0. The number of hydrogen-bond donors (Lipinski definition) is 1. The molecule has 0 aromatic heterocycles. The van der Waals surface area contributed by atoms with Crippen molar-refractivity contribution >= 4 is 17.7 Å². The van der Waals surface area contributed by atoms with Gasteiger partial charge in [-0.2, -0.15) is 0 Å². The monoisotopic (exact) mass is 149 g/mol. The second kappa shape index (κ2) is 5.44. The van der Waals surface area contributed by atoms with Crippen LogP contribution in [0.2, 0.25) is 0 Å². The zero-order valence-electron chi connectivity index (χ0n) is 5.06. The van der Waals surface area contributed by atoms with E-state index in [0.717, 1.165) is 0 Å². The number of methoxy groups -OCH3 is 1. The van der Waals surface area contributed by atoms with Crippen LogP contribution in [0.15, 0.2) is 11.6 Å². The molecule has 1 amide bonds. The SMILES string of the molecule is COC(=O)NC/C=C\Cl. The van der Waals surface area contributed by atoms with Crippen molar-refractivity contribution in [2.75, 3.05) is 13.7 Å². The van der Waals surface area contributed by atoms with Gasteiger partial charge in [0.1, 0.15) is 0 Å². The average Bonchev–Trinajstić information content (AvgIpc) is 1.89. The third-order valence-electron chi connectivity index (χ3n) is 0.639. The number of amides is 1. The summed E-state index contributed by atoms with van der Waals surface area (Å²) in [6, 6.07) is 0. The fourth-order valence-electron chi connectivity index (χ4n) is 0.259. The quantitative estimate of drug-likeness (QED) is 0.639. The Balaban J connectivity index is 3.17. The van der Waals surface area contributed by atoms with Gasteiger partial charge in [0.25, 0.3) is 0 Å². The molecule has 0 saturated heterocycles. The molecule has 0 heterocycles. The molecule has 9 heavy (non-hydrogen) atoms. The molecule has 0 radical (unpaired) electrons. The predicted molar refractivity (Wildman–Crippen MR) is 35.4 cm³/mol. The van der Waals surface area contributed by atoms with Crippen molar-refractivity contribution in [3.8, 4) is 0 Å². The minimum absolute atomic E-state index is 0.399. The topological polar surface area (TPSA) is 38.3 Å². The van der Waals surface area contributed by atoms with Crippen molar-refractivity contribution in [2.45, 2.75) is 0 Å². The van der Waals surface area contributed by atoms with Crippen LogP contribution in [-0.4, -0.2) is 19.7 Å². The van der Waals surface area contributed by atoms with E-state index in [1.54, 1.807) is 6.08 Å². The first-order valence-electron chi connectivity index (χ1n) is 2.38. The number of ether oxygens (including phenoxy) is 1. The van der Waals surface area contributed by atoms with Crippen LogP contribution in [-0.2, 0) is 4.74 Å². The molecule has 0 aromatic carbocycles. The van der Waals surface area contributed by atoms with Gasteiger partial charge in [-0.1, -0.05) is 17.7 Å². The van der Waals surface area contributed by atoms with Gasteiger partial charge in [-0.25, -0.2) is 4.79 Å². The lowest BCUT2D eigenvalue weighted by Crippen LogP contribution is -2.22. The summed E-state index contributed by atoms with van der Waals surface area (Å²) in [4.78, 5) is 10.3. The molecular formula is C5H8ClNO2. The summed E-state index contributed by atoms with van der Waals surface area (Å²) in [6.07, 6.45) is 1.14. The van der Waals surface area contributed by atoms with Gasteiger partial charge in [0.05, 0.1) is 7.11 Å². The lowest BCUT2D eigenvalue weighted by Gasteiger charge is -1.96. The van der Waals surface area contributed by atoms with E-state index in [1.807, 2.05) is 0 Å². The molecule has 52 valence electrons. The van der Waals surface area contributed by atoms with E-state index >= 15 is 0 Å². The average molecular weight is 150 g/mol. The third kappa shape index (κ3) is 5.17. The molecule has 0 saturated carbocycles. The van der Waals surface area contributed by atoms with Crippen LogP contribution in [0, 0.1) is 0 Å². The summed E-state index contributed by atoms with van der Waals surface area (Å²) in [7, 11) is 1.31. The van der Waals surface area contributed by atoms with Crippen LogP contribution in [0.3, 0.4) is 0 Å². The van der Waals surface area contributed by atoms with Crippen LogP contribution in [0.25, 0.3) is 0 Å². The predicted octanol–water partition coefficient (Wildman–Crippen LogP) is 1.09. The van der Waals surface area contributed by atoms with Crippen molar-refractivity contribution in [3.63, 3.8) is 0 Å². The molecule has 3 nitrogen and oxygen atoms in total. The minimum atomic E-state index is -0.454. The minimum Gasteiger partial charge on any atom is -0.453 e. The molecule has 1 N–H and O–H groups in total. The van der Waals surface area contributed by atoms with Gasteiger partial charge in [0.2, 0.25) is 0 Å². The molecular weight excluding hydrogens is 142 g/mol. The molecule has 4 heteroatoms. The number of alkyl carbamates (subject to hydrolysis) is 1. The summed E-state index contributed by atoms with van der Waals surface area (Å²) < 4.78 is 4.27. The molecule has 0 aliphatic heterocycles. The van der Waals surface area contributed by atoms with E-state index in [9.17, 15) is 4.79 Å². The highest BCUT2D eigenvalue weighted by Crippen LogP contribution is 1.76. The van der Waals surface area contributed by atoms with Crippen molar-refractivity contribution in [1.29, 1.82) is 0 Å². The van der Waals surface area contributed by atoms with Gasteiger partial charge >= 0.3 is 6.09 Å². The largest absolute Gasteiger partial charge is 0.453 e. The zero-order valence-corrected chi connectivity index (χ0v) is 5.81. The number of nitrogens with one attached hydrogen (secondary N) is 1. The highest BCUT2D eigenvalue weighted by molar-refractivity contribution is 6.25. The molecule has 0 fully saturated rings. The second-order valence-electron chi connectivity index (χ2n) is 1.23. The Bertz CT molecular complexity index is 114. The number of carbonyl (C=O) groups is 1. The molecule has 0 bridgehead atoms. The Hall–Kier alpha value is -0.700. The third-order valence-corrected chi connectivity index (χ3v) is 0.817. The Kier molecular flexibility index (Phi) is 5.01. The maximum absolute atomic E-state index is 10.3. The fourth-order valence-corrected chi connectivity index (χ4v) is 0.348. The molecule has 0 atom stereocenters. The number of halogens is 1. The molecule has 0 aliphatic carbocycles. The van der Waals surface area contributed by atoms with Crippen molar-refractivity contribution in [1.82, 2.24) is 5.32 Å². The van der Waals surface area contributed by atoms with Gasteiger partial charge in [0, 0.05) is 12.1 Å². The first kappa shape index (κ1) is 8.30. The summed E-state index contributed by atoms with van der Waals surface area (Å²) in [5.41, 5.74) is 1.33. The van der Waals surface area contributed by atoms with Gasteiger partial charge < -0.3 is 10.1 Å². The van der Waals surface area contributed by atoms with Crippen LogP contribution < -0.4 is 5.32 Å². The van der Waals surface area contributed by atoms with E-state index < -0.39 is 6.09 Å². The fraction of sp³-hybridized carbons (Fsp3) is 0.400. The second-order valence-corrected chi connectivity index (χ2v) is 1.49. The van der Waals surface area contributed by atoms with Crippen LogP contribution >= 0.6 is 11.6 Å². The first-order valence-corrected chi connectivity index (χ1v) is 2.82. The van der Waals surface area contributed by atoms with Crippen LogP contribution in [0.5, 0.6) is 0 Å². The molecule has 0 spiro atoms. The zero-order chi connectivity index (χ0) is 7.11.